The molecule has 1 aliphatic rings. The number of amides is 1. The number of H-pyrrole nitrogens is 1. The fourth-order valence-corrected chi connectivity index (χ4v) is 2.95. The van der Waals surface area contributed by atoms with Crippen molar-refractivity contribution in [2.24, 2.45) is 0 Å². The molecule has 1 unspecified atom stereocenters. The van der Waals surface area contributed by atoms with Crippen LogP contribution in [-0.2, 0) is 4.79 Å². The van der Waals surface area contributed by atoms with E-state index in [1.165, 1.54) is 5.56 Å². The fraction of sp³-hybridized carbons (Fsp3) is 0.444. The second kappa shape index (κ2) is 7.49. The topological polar surface area (TPSA) is 79.0 Å². The van der Waals surface area contributed by atoms with Gasteiger partial charge in [-0.05, 0) is 44.0 Å². The standard InChI is InChI=1S/C18H24N4O2/c1-12-4-3-5-16(13(12)2)24-9-7-17(23)21-15-11-20-22-18(15)14-6-8-19-10-14/h3-5,11,14,19H,6-10H2,1-2H3,(H,20,22)(H,21,23). The van der Waals surface area contributed by atoms with Crippen LogP contribution < -0.4 is 15.4 Å². The molecule has 1 atom stereocenters. The van der Waals surface area contributed by atoms with Gasteiger partial charge >= 0.3 is 0 Å². The number of carbonyl (C=O) groups excluding carboxylic acids is 1. The lowest BCUT2D eigenvalue weighted by molar-refractivity contribution is -0.116. The van der Waals surface area contributed by atoms with E-state index in [-0.39, 0.29) is 5.91 Å². The Morgan fingerprint density at radius 1 is 1.42 bits per heavy atom. The minimum absolute atomic E-state index is 0.0612. The van der Waals surface area contributed by atoms with Crippen LogP contribution >= 0.6 is 0 Å². The summed E-state index contributed by atoms with van der Waals surface area (Å²) in [4.78, 5) is 12.2. The van der Waals surface area contributed by atoms with Crippen LogP contribution in [0.5, 0.6) is 5.75 Å². The third-order valence-corrected chi connectivity index (χ3v) is 4.55. The van der Waals surface area contributed by atoms with Crippen LogP contribution in [0.1, 0.15) is 35.6 Å². The summed E-state index contributed by atoms with van der Waals surface area (Å²) in [6.07, 6.45) is 3.04. The highest BCUT2D eigenvalue weighted by molar-refractivity contribution is 5.91. The minimum atomic E-state index is -0.0612. The zero-order valence-corrected chi connectivity index (χ0v) is 14.2. The van der Waals surface area contributed by atoms with Gasteiger partial charge in [0.05, 0.1) is 30.6 Å². The van der Waals surface area contributed by atoms with Gasteiger partial charge in [0.1, 0.15) is 5.75 Å². The van der Waals surface area contributed by atoms with E-state index in [4.69, 9.17) is 4.74 Å². The molecule has 1 aromatic carbocycles. The lowest BCUT2D eigenvalue weighted by atomic mass is 10.0. The maximum atomic E-state index is 12.2. The van der Waals surface area contributed by atoms with E-state index in [2.05, 4.69) is 20.8 Å². The second-order valence-corrected chi connectivity index (χ2v) is 6.23. The van der Waals surface area contributed by atoms with Gasteiger partial charge in [-0.1, -0.05) is 12.1 Å². The Morgan fingerprint density at radius 3 is 3.08 bits per heavy atom. The third kappa shape index (κ3) is 3.76. The normalized spacial score (nSPS) is 17.0. The predicted octanol–water partition coefficient (Wildman–Crippen LogP) is 2.51. The molecule has 3 N–H and O–H groups in total. The number of aromatic amines is 1. The highest BCUT2D eigenvalue weighted by Gasteiger charge is 2.22. The number of rotatable bonds is 6. The quantitative estimate of drug-likeness (QED) is 0.761. The van der Waals surface area contributed by atoms with Gasteiger partial charge in [0, 0.05) is 12.5 Å². The molecule has 6 heteroatoms. The van der Waals surface area contributed by atoms with Crippen molar-refractivity contribution in [2.45, 2.75) is 32.6 Å². The van der Waals surface area contributed by atoms with Gasteiger partial charge in [-0.15, -0.1) is 0 Å². The van der Waals surface area contributed by atoms with Crippen molar-refractivity contribution in [3.63, 3.8) is 0 Å². The van der Waals surface area contributed by atoms with Gasteiger partial charge in [-0.25, -0.2) is 0 Å². The first-order chi connectivity index (χ1) is 11.6. The molecule has 1 aromatic heterocycles. The molecule has 2 aromatic rings. The van der Waals surface area contributed by atoms with Gasteiger partial charge in [-0.3, -0.25) is 9.89 Å². The Bertz CT molecular complexity index is 705. The summed E-state index contributed by atoms with van der Waals surface area (Å²) in [6.45, 7) is 6.35. The van der Waals surface area contributed by atoms with E-state index in [0.717, 1.165) is 42.2 Å². The van der Waals surface area contributed by atoms with Gasteiger partial charge < -0.3 is 15.4 Å². The summed E-state index contributed by atoms with van der Waals surface area (Å²) in [5.41, 5.74) is 4.08. The first kappa shape index (κ1) is 16.5. The van der Waals surface area contributed by atoms with Gasteiger partial charge in [0.25, 0.3) is 0 Å². The Balaban J connectivity index is 1.51. The molecule has 0 saturated carbocycles. The zero-order valence-electron chi connectivity index (χ0n) is 14.2. The van der Waals surface area contributed by atoms with Crippen LogP contribution in [-0.4, -0.2) is 35.8 Å². The Kier molecular flexibility index (Phi) is 5.15. The first-order valence-corrected chi connectivity index (χ1v) is 8.38. The van der Waals surface area contributed by atoms with Crippen LogP contribution in [0.15, 0.2) is 24.4 Å². The summed E-state index contributed by atoms with van der Waals surface area (Å²) in [7, 11) is 0. The van der Waals surface area contributed by atoms with Gasteiger partial charge in [-0.2, -0.15) is 5.10 Å². The molecule has 2 heterocycles. The number of anilines is 1. The molecule has 1 amide bonds. The highest BCUT2D eigenvalue weighted by Crippen LogP contribution is 2.27. The molecule has 0 spiro atoms. The number of ether oxygens (including phenoxy) is 1. The van der Waals surface area contributed by atoms with Crippen molar-refractivity contribution in [2.75, 3.05) is 25.0 Å². The number of nitrogens with zero attached hydrogens (tertiary/aromatic N) is 1. The Hall–Kier alpha value is -2.34. The molecule has 128 valence electrons. The van der Waals surface area contributed by atoms with Crippen molar-refractivity contribution in [1.29, 1.82) is 0 Å². The van der Waals surface area contributed by atoms with E-state index in [0.29, 0.717) is 18.9 Å². The molecule has 0 radical (unpaired) electrons. The van der Waals surface area contributed by atoms with Crippen molar-refractivity contribution >= 4 is 11.6 Å². The smallest absolute Gasteiger partial charge is 0.227 e. The zero-order chi connectivity index (χ0) is 16.9. The van der Waals surface area contributed by atoms with Crippen molar-refractivity contribution < 1.29 is 9.53 Å². The average Bonchev–Trinajstić information content (AvgIpc) is 3.22. The van der Waals surface area contributed by atoms with Crippen molar-refractivity contribution in [1.82, 2.24) is 15.5 Å². The maximum Gasteiger partial charge on any atom is 0.227 e. The Labute approximate surface area is 142 Å². The number of hydrogen-bond acceptors (Lipinski definition) is 4. The molecule has 1 saturated heterocycles. The maximum absolute atomic E-state index is 12.2. The molecule has 24 heavy (non-hydrogen) atoms. The summed E-state index contributed by atoms with van der Waals surface area (Å²) < 4.78 is 5.74. The van der Waals surface area contributed by atoms with E-state index in [1.807, 2.05) is 32.0 Å². The predicted molar refractivity (Wildman–Crippen MR) is 93.5 cm³/mol. The minimum Gasteiger partial charge on any atom is -0.493 e. The number of aromatic nitrogens is 2. The number of nitrogens with one attached hydrogen (secondary N) is 3. The number of hydrogen-bond donors (Lipinski definition) is 3. The highest BCUT2D eigenvalue weighted by atomic mass is 16.5. The summed E-state index contributed by atoms with van der Waals surface area (Å²) in [6, 6.07) is 5.94. The van der Waals surface area contributed by atoms with Crippen LogP contribution in [0.2, 0.25) is 0 Å². The first-order valence-electron chi connectivity index (χ1n) is 8.38. The van der Waals surface area contributed by atoms with Crippen LogP contribution in [0.3, 0.4) is 0 Å². The molecule has 1 fully saturated rings. The van der Waals surface area contributed by atoms with E-state index >= 15 is 0 Å². The molecule has 0 bridgehead atoms. The van der Waals surface area contributed by atoms with Gasteiger partial charge in [0.15, 0.2) is 0 Å². The van der Waals surface area contributed by atoms with Crippen molar-refractivity contribution in [3.05, 3.63) is 41.2 Å². The molecule has 6 nitrogen and oxygen atoms in total. The lowest BCUT2D eigenvalue weighted by Crippen LogP contribution is -2.17. The van der Waals surface area contributed by atoms with E-state index < -0.39 is 0 Å². The molecule has 3 rings (SSSR count). The average molecular weight is 328 g/mol. The van der Waals surface area contributed by atoms with Crippen LogP contribution in [0.25, 0.3) is 0 Å². The second-order valence-electron chi connectivity index (χ2n) is 6.23. The van der Waals surface area contributed by atoms with Gasteiger partial charge in [0.2, 0.25) is 5.91 Å². The third-order valence-electron chi connectivity index (χ3n) is 4.55. The monoisotopic (exact) mass is 328 g/mol. The van der Waals surface area contributed by atoms with Crippen LogP contribution in [0, 0.1) is 13.8 Å². The van der Waals surface area contributed by atoms with E-state index in [1.54, 1.807) is 6.20 Å². The summed E-state index contributed by atoms with van der Waals surface area (Å²) in [5, 5.41) is 13.3. The Morgan fingerprint density at radius 2 is 2.29 bits per heavy atom. The molecular formula is C18H24N4O2. The SMILES string of the molecule is Cc1cccc(OCCC(=O)Nc2cn[nH]c2C2CCNC2)c1C. The number of aryl methyl sites for hydroxylation is 1. The van der Waals surface area contributed by atoms with Crippen molar-refractivity contribution in [3.8, 4) is 5.75 Å². The summed E-state index contributed by atoms with van der Waals surface area (Å²) in [5.74, 6) is 1.16. The van der Waals surface area contributed by atoms with Crippen LogP contribution in [0.4, 0.5) is 5.69 Å². The van der Waals surface area contributed by atoms with E-state index in [9.17, 15) is 4.79 Å². The lowest BCUT2D eigenvalue weighted by Gasteiger charge is -2.12. The molecule has 0 aliphatic carbocycles. The fourth-order valence-electron chi connectivity index (χ4n) is 2.95. The number of benzene rings is 1. The molecule has 1 aliphatic heterocycles. The largest absolute Gasteiger partial charge is 0.493 e. The number of carbonyl (C=O) groups is 1. The summed E-state index contributed by atoms with van der Waals surface area (Å²) >= 11 is 0. The molecular weight excluding hydrogens is 304 g/mol.